The van der Waals surface area contributed by atoms with Gasteiger partial charge in [-0.3, -0.25) is 4.79 Å². The number of carboxylic acids is 1. The molecule has 84 valence electrons. The van der Waals surface area contributed by atoms with Crippen LogP contribution in [0, 0.1) is 6.92 Å². The number of aromatic nitrogens is 4. The van der Waals surface area contributed by atoms with Crippen LogP contribution >= 0.6 is 0 Å². The van der Waals surface area contributed by atoms with Gasteiger partial charge in [0.15, 0.2) is 0 Å². The summed E-state index contributed by atoms with van der Waals surface area (Å²) in [5, 5.41) is 12.8. The van der Waals surface area contributed by atoms with E-state index in [2.05, 4.69) is 15.1 Å². The first kappa shape index (κ1) is 10.5. The minimum absolute atomic E-state index is 0.219. The van der Waals surface area contributed by atoms with Crippen molar-refractivity contribution < 1.29 is 9.90 Å². The van der Waals surface area contributed by atoms with E-state index < -0.39 is 12.0 Å². The third kappa shape index (κ3) is 1.98. The van der Waals surface area contributed by atoms with Crippen LogP contribution in [0.2, 0.25) is 0 Å². The van der Waals surface area contributed by atoms with E-state index in [0.717, 1.165) is 0 Å². The molecule has 2 aromatic heterocycles. The van der Waals surface area contributed by atoms with Crippen molar-refractivity contribution in [2.75, 3.05) is 0 Å². The number of fused-ring (bicyclic) bond motifs is 1. The number of aliphatic carboxylic acids is 1. The monoisotopic (exact) mass is 221 g/mol. The van der Waals surface area contributed by atoms with Crippen molar-refractivity contribution >= 4 is 11.7 Å². The summed E-state index contributed by atoms with van der Waals surface area (Å²) in [4.78, 5) is 18.7. The van der Waals surface area contributed by atoms with Crippen molar-refractivity contribution in [3.05, 3.63) is 23.8 Å². The Balaban J connectivity index is 2.28. The van der Waals surface area contributed by atoms with Gasteiger partial charge < -0.3 is 10.8 Å². The van der Waals surface area contributed by atoms with E-state index >= 15 is 0 Å². The molecule has 0 aromatic carbocycles. The van der Waals surface area contributed by atoms with Gasteiger partial charge in [-0.1, -0.05) is 0 Å². The average molecular weight is 221 g/mol. The Kier molecular flexibility index (Phi) is 2.53. The van der Waals surface area contributed by atoms with Crippen LogP contribution in [0.3, 0.4) is 0 Å². The second kappa shape index (κ2) is 3.86. The zero-order valence-electron chi connectivity index (χ0n) is 8.66. The number of nitrogens with zero attached hydrogens (tertiary/aromatic N) is 4. The fourth-order valence-corrected chi connectivity index (χ4v) is 1.37. The first-order valence-electron chi connectivity index (χ1n) is 4.72. The van der Waals surface area contributed by atoms with Gasteiger partial charge in [0, 0.05) is 18.8 Å². The molecule has 0 spiro atoms. The highest BCUT2D eigenvalue weighted by atomic mass is 16.4. The molecule has 0 aliphatic heterocycles. The van der Waals surface area contributed by atoms with Crippen molar-refractivity contribution in [2.24, 2.45) is 5.73 Å². The fourth-order valence-electron chi connectivity index (χ4n) is 1.37. The van der Waals surface area contributed by atoms with Crippen LogP contribution < -0.4 is 5.73 Å². The summed E-state index contributed by atoms with van der Waals surface area (Å²) in [7, 11) is 0. The molecule has 0 bridgehead atoms. The van der Waals surface area contributed by atoms with Crippen molar-refractivity contribution in [1.29, 1.82) is 0 Å². The Morgan fingerprint density at radius 2 is 2.44 bits per heavy atom. The minimum atomic E-state index is -1.03. The molecule has 3 N–H and O–H groups in total. The summed E-state index contributed by atoms with van der Waals surface area (Å²) in [6.07, 6.45) is 3.47. The normalized spacial score (nSPS) is 12.9. The lowest BCUT2D eigenvalue weighted by Gasteiger charge is -2.05. The lowest BCUT2D eigenvalue weighted by molar-refractivity contribution is -0.138. The summed E-state index contributed by atoms with van der Waals surface area (Å²) >= 11 is 0. The molecule has 0 saturated heterocycles. The molecule has 0 saturated carbocycles. The molecule has 7 heteroatoms. The molecule has 0 amide bonds. The molecule has 1 unspecified atom stereocenters. The lowest BCUT2D eigenvalue weighted by atomic mass is 10.1. The second-order valence-corrected chi connectivity index (χ2v) is 3.51. The molecule has 2 heterocycles. The van der Waals surface area contributed by atoms with Gasteiger partial charge in [-0.05, 0) is 12.5 Å². The predicted molar refractivity (Wildman–Crippen MR) is 54.8 cm³/mol. The van der Waals surface area contributed by atoms with Crippen molar-refractivity contribution in [3.8, 4) is 0 Å². The zero-order valence-corrected chi connectivity index (χ0v) is 8.66. The number of hydrogen-bond acceptors (Lipinski definition) is 5. The maximum atomic E-state index is 10.6. The smallest absolute Gasteiger partial charge is 0.320 e. The molecule has 7 nitrogen and oxygen atoms in total. The average Bonchev–Trinajstić information content (AvgIpc) is 2.57. The van der Waals surface area contributed by atoms with Crippen molar-refractivity contribution in [3.63, 3.8) is 0 Å². The van der Waals surface area contributed by atoms with E-state index in [1.165, 1.54) is 4.52 Å². The molecule has 0 fully saturated rings. The highest BCUT2D eigenvalue weighted by Gasteiger charge is 2.13. The minimum Gasteiger partial charge on any atom is -0.480 e. The largest absolute Gasteiger partial charge is 0.480 e. The zero-order chi connectivity index (χ0) is 11.7. The lowest BCUT2D eigenvalue weighted by Crippen LogP contribution is -2.32. The molecule has 16 heavy (non-hydrogen) atoms. The molecule has 0 aliphatic carbocycles. The SMILES string of the molecule is Cc1nc2ncc(CC(N)C(=O)O)cn2n1. The standard InChI is InChI=1S/C9H11N5O2/c1-5-12-9-11-3-6(4-14(9)13-5)2-7(10)8(15)16/h3-4,7H,2,10H2,1H3,(H,15,16). The first-order chi connectivity index (χ1) is 7.56. The molecular weight excluding hydrogens is 210 g/mol. The third-order valence-electron chi connectivity index (χ3n) is 2.13. The van der Waals surface area contributed by atoms with Crippen LogP contribution in [0.15, 0.2) is 12.4 Å². The van der Waals surface area contributed by atoms with E-state index in [4.69, 9.17) is 10.8 Å². The number of aryl methyl sites for hydroxylation is 1. The van der Waals surface area contributed by atoms with Gasteiger partial charge in [-0.15, -0.1) is 0 Å². The Bertz CT molecular complexity index is 536. The van der Waals surface area contributed by atoms with E-state index in [-0.39, 0.29) is 6.42 Å². The van der Waals surface area contributed by atoms with Crippen LogP contribution in [-0.2, 0) is 11.2 Å². The maximum Gasteiger partial charge on any atom is 0.320 e. The van der Waals surface area contributed by atoms with Gasteiger partial charge in [0.2, 0.25) is 0 Å². The summed E-state index contributed by atoms with van der Waals surface area (Å²) < 4.78 is 1.51. The quantitative estimate of drug-likeness (QED) is 0.715. The summed E-state index contributed by atoms with van der Waals surface area (Å²) in [5.41, 5.74) is 6.14. The molecule has 0 aliphatic rings. The maximum absolute atomic E-state index is 10.6. The van der Waals surface area contributed by atoms with Crippen LogP contribution in [0.5, 0.6) is 0 Å². The van der Waals surface area contributed by atoms with Crippen molar-refractivity contribution in [2.45, 2.75) is 19.4 Å². The van der Waals surface area contributed by atoms with Gasteiger partial charge in [0.05, 0.1) is 0 Å². The van der Waals surface area contributed by atoms with Crippen LogP contribution in [0.25, 0.3) is 5.78 Å². The molecule has 1 atom stereocenters. The number of nitrogens with two attached hydrogens (primary N) is 1. The summed E-state index contributed by atoms with van der Waals surface area (Å²) in [5.74, 6) is 0.0761. The van der Waals surface area contributed by atoms with Crippen molar-refractivity contribution in [1.82, 2.24) is 19.6 Å². The molecule has 2 aromatic rings. The second-order valence-electron chi connectivity index (χ2n) is 3.51. The number of rotatable bonds is 3. The first-order valence-corrected chi connectivity index (χ1v) is 4.72. The molecular formula is C9H11N5O2. The van der Waals surface area contributed by atoms with E-state index in [0.29, 0.717) is 17.2 Å². The summed E-state index contributed by atoms with van der Waals surface area (Å²) in [6.45, 7) is 1.76. The highest BCUT2D eigenvalue weighted by Crippen LogP contribution is 2.03. The number of carbonyl (C=O) groups is 1. The van der Waals surface area contributed by atoms with Gasteiger partial charge >= 0.3 is 5.97 Å². The van der Waals surface area contributed by atoms with Crippen LogP contribution in [0.4, 0.5) is 0 Å². The van der Waals surface area contributed by atoms with E-state index in [1.54, 1.807) is 19.3 Å². The van der Waals surface area contributed by atoms with Gasteiger partial charge in [0.25, 0.3) is 5.78 Å². The number of carboxylic acid groups (broad SMARTS) is 1. The summed E-state index contributed by atoms with van der Waals surface area (Å²) in [6, 6.07) is -0.927. The van der Waals surface area contributed by atoms with Gasteiger partial charge in [-0.2, -0.15) is 10.1 Å². The Morgan fingerprint density at radius 1 is 1.69 bits per heavy atom. The predicted octanol–water partition coefficient (Wildman–Crippen LogP) is -0.613. The van der Waals surface area contributed by atoms with E-state index in [1.807, 2.05) is 0 Å². The van der Waals surface area contributed by atoms with E-state index in [9.17, 15) is 4.79 Å². The Morgan fingerprint density at radius 3 is 3.12 bits per heavy atom. The van der Waals surface area contributed by atoms with Gasteiger partial charge in [-0.25, -0.2) is 9.50 Å². The Hall–Kier alpha value is -2.02. The fraction of sp³-hybridized carbons (Fsp3) is 0.333. The molecule has 2 rings (SSSR count). The van der Waals surface area contributed by atoms with Crippen LogP contribution in [0.1, 0.15) is 11.4 Å². The molecule has 0 radical (unpaired) electrons. The van der Waals surface area contributed by atoms with Gasteiger partial charge in [0.1, 0.15) is 11.9 Å². The third-order valence-corrected chi connectivity index (χ3v) is 2.13. The topological polar surface area (TPSA) is 106 Å². The number of hydrogen-bond donors (Lipinski definition) is 2. The van der Waals surface area contributed by atoms with Crippen LogP contribution in [-0.4, -0.2) is 36.7 Å². The Labute approximate surface area is 90.9 Å². The highest BCUT2D eigenvalue weighted by molar-refractivity contribution is 5.73.